The zero-order valence-corrected chi connectivity index (χ0v) is 16.5. The van der Waals surface area contributed by atoms with E-state index in [-0.39, 0.29) is 36.9 Å². The second-order valence-corrected chi connectivity index (χ2v) is 9.73. The van der Waals surface area contributed by atoms with Crippen molar-refractivity contribution in [2.75, 3.05) is 31.0 Å². The number of nitrogens with one attached hydrogen (secondary N) is 1. The van der Waals surface area contributed by atoms with Gasteiger partial charge >= 0.3 is 0 Å². The molecule has 1 N–H and O–H groups in total. The van der Waals surface area contributed by atoms with Crippen LogP contribution in [0.1, 0.15) is 5.56 Å². The van der Waals surface area contributed by atoms with E-state index in [1.165, 1.54) is 16.4 Å². The Hall–Kier alpha value is -2.08. The average Bonchev–Trinajstić information content (AvgIpc) is 2.65. The second kappa shape index (κ2) is 7.74. The zero-order valence-electron chi connectivity index (χ0n) is 14.9. The van der Waals surface area contributed by atoms with Crippen LogP contribution < -0.4 is 4.72 Å². The number of hydrogen-bond donors (Lipinski definition) is 1. The number of halogens is 2. The predicted octanol–water partition coefficient (Wildman–Crippen LogP) is 2.09. The van der Waals surface area contributed by atoms with Crippen LogP contribution in [0.4, 0.5) is 14.5 Å². The first kappa shape index (κ1) is 20.6. The van der Waals surface area contributed by atoms with Gasteiger partial charge in [-0.05, 0) is 42.8 Å². The molecule has 0 spiro atoms. The first-order chi connectivity index (χ1) is 13.1. The van der Waals surface area contributed by atoms with Crippen LogP contribution in [0.25, 0.3) is 0 Å². The molecule has 1 fully saturated rings. The van der Waals surface area contributed by atoms with Gasteiger partial charge in [0.2, 0.25) is 10.0 Å². The highest BCUT2D eigenvalue weighted by molar-refractivity contribution is 7.92. The van der Waals surface area contributed by atoms with E-state index >= 15 is 0 Å². The monoisotopic (exact) mass is 432 g/mol. The fourth-order valence-corrected chi connectivity index (χ4v) is 5.56. The largest absolute Gasteiger partial charge is 0.379 e. The number of sulfonamides is 2. The van der Waals surface area contributed by atoms with Gasteiger partial charge in [-0.3, -0.25) is 4.72 Å². The molecule has 2 aromatic rings. The first-order valence-corrected chi connectivity index (χ1v) is 11.2. The van der Waals surface area contributed by atoms with Gasteiger partial charge in [0.25, 0.3) is 10.0 Å². The minimum absolute atomic E-state index is 0.0747. The number of ether oxygens (including phenoxy) is 1. The minimum atomic E-state index is -4.46. The Kier molecular flexibility index (Phi) is 5.71. The van der Waals surface area contributed by atoms with Crippen molar-refractivity contribution >= 4 is 25.7 Å². The van der Waals surface area contributed by atoms with Crippen molar-refractivity contribution in [2.24, 2.45) is 0 Å². The number of anilines is 1. The maximum atomic E-state index is 13.8. The molecule has 7 nitrogen and oxygen atoms in total. The lowest BCUT2D eigenvalue weighted by Crippen LogP contribution is -2.40. The quantitative estimate of drug-likeness (QED) is 0.781. The van der Waals surface area contributed by atoms with E-state index in [1.54, 1.807) is 6.92 Å². The van der Waals surface area contributed by atoms with E-state index in [4.69, 9.17) is 4.74 Å². The second-order valence-electron chi connectivity index (χ2n) is 6.18. The molecule has 0 amide bonds. The minimum Gasteiger partial charge on any atom is -0.379 e. The van der Waals surface area contributed by atoms with Crippen molar-refractivity contribution in [1.82, 2.24) is 4.31 Å². The third-order valence-corrected chi connectivity index (χ3v) is 7.65. The van der Waals surface area contributed by atoms with Crippen molar-refractivity contribution in [3.05, 3.63) is 53.6 Å². The standard InChI is InChI=1S/C17H18F2N2O5S2/c1-12-2-4-14(11-16(12)28(24,25)21-6-8-26-9-7-21)20-27(22,23)17-10-13(18)3-5-15(17)19/h2-5,10-11,20H,6-9H2,1H3. The molecule has 3 rings (SSSR count). The van der Waals surface area contributed by atoms with Gasteiger partial charge in [-0.1, -0.05) is 6.07 Å². The number of aryl methyl sites for hydroxylation is 1. The summed E-state index contributed by atoms with van der Waals surface area (Å²) < 4.78 is 86.3. The van der Waals surface area contributed by atoms with Gasteiger partial charge in [-0.25, -0.2) is 25.6 Å². The number of rotatable bonds is 5. The highest BCUT2D eigenvalue weighted by Crippen LogP contribution is 2.26. The molecule has 1 aliphatic heterocycles. The molecule has 0 aromatic heterocycles. The summed E-state index contributed by atoms with van der Waals surface area (Å²) in [6.07, 6.45) is 0. The summed E-state index contributed by atoms with van der Waals surface area (Å²) in [6.45, 7) is 2.49. The van der Waals surface area contributed by atoms with Gasteiger partial charge in [-0.2, -0.15) is 4.31 Å². The molecule has 1 saturated heterocycles. The lowest BCUT2D eigenvalue weighted by molar-refractivity contribution is 0.0730. The smallest absolute Gasteiger partial charge is 0.264 e. The van der Waals surface area contributed by atoms with Crippen LogP contribution in [0.2, 0.25) is 0 Å². The van der Waals surface area contributed by atoms with Crippen LogP contribution in [-0.2, 0) is 24.8 Å². The zero-order chi connectivity index (χ0) is 20.5. The Bertz CT molecular complexity index is 1100. The normalized spacial score (nSPS) is 16.1. The summed E-state index contributed by atoms with van der Waals surface area (Å²) in [5.74, 6) is -2.04. The van der Waals surface area contributed by atoms with Crippen LogP contribution >= 0.6 is 0 Å². The number of benzene rings is 2. The fraction of sp³-hybridized carbons (Fsp3) is 0.294. The summed E-state index contributed by atoms with van der Waals surface area (Å²) in [5.41, 5.74) is 0.340. The molecular formula is C17H18F2N2O5S2. The number of morpholine rings is 1. The summed E-state index contributed by atoms with van der Waals surface area (Å²) in [4.78, 5) is -0.944. The maximum absolute atomic E-state index is 13.8. The molecule has 0 unspecified atom stereocenters. The molecule has 0 atom stereocenters. The summed E-state index contributed by atoms with van der Waals surface area (Å²) >= 11 is 0. The van der Waals surface area contributed by atoms with Crippen LogP contribution in [-0.4, -0.2) is 47.4 Å². The SMILES string of the molecule is Cc1ccc(NS(=O)(=O)c2cc(F)ccc2F)cc1S(=O)(=O)N1CCOCC1. The summed E-state index contributed by atoms with van der Waals surface area (Å²) in [6, 6.07) is 6.00. The molecule has 1 heterocycles. The lowest BCUT2D eigenvalue weighted by atomic mass is 10.2. The number of nitrogens with zero attached hydrogens (tertiary/aromatic N) is 1. The molecule has 0 radical (unpaired) electrons. The molecule has 1 aliphatic rings. The van der Waals surface area contributed by atoms with Gasteiger partial charge in [0, 0.05) is 13.1 Å². The van der Waals surface area contributed by atoms with Crippen molar-refractivity contribution in [2.45, 2.75) is 16.7 Å². The molecule has 28 heavy (non-hydrogen) atoms. The maximum Gasteiger partial charge on any atom is 0.264 e. The third kappa shape index (κ3) is 4.17. The van der Waals surface area contributed by atoms with E-state index in [9.17, 15) is 25.6 Å². The highest BCUT2D eigenvalue weighted by atomic mass is 32.2. The fourth-order valence-electron chi connectivity index (χ4n) is 2.76. The van der Waals surface area contributed by atoms with E-state index in [0.29, 0.717) is 17.7 Å². The van der Waals surface area contributed by atoms with Gasteiger partial charge < -0.3 is 4.74 Å². The van der Waals surface area contributed by atoms with Crippen molar-refractivity contribution in [1.29, 1.82) is 0 Å². The lowest BCUT2D eigenvalue weighted by Gasteiger charge is -2.26. The summed E-state index contributed by atoms with van der Waals surface area (Å²) in [5, 5.41) is 0. The topological polar surface area (TPSA) is 92.8 Å². The van der Waals surface area contributed by atoms with Crippen molar-refractivity contribution in [3.8, 4) is 0 Å². The van der Waals surface area contributed by atoms with Crippen LogP contribution in [0.15, 0.2) is 46.2 Å². The third-order valence-electron chi connectivity index (χ3n) is 4.21. The molecule has 0 saturated carbocycles. The molecule has 0 bridgehead atoms. The molecule has 152 valence electrons. The van der Waals surface area contributed by atoms with E-state index < -0.39 is 36.6 Å². The highest BCUT2D eigenvalue weighted by Gasteiger charge is 2.28. The molecule has 11 heteroatoms. The molecular weight excluding hydrogens is 414 g/mol. The van der Waals surface area contributed by atoms with Gasteiger partial charge in [0.05, 0.1) is 23.8 Å². The van der Waals surface area contributed by atoms with Gasteiger partial charge in [0.1, 0.15) is 16.5 Å². The van der Waals surface area contributed by atoms with Crippen molar-refractivity contribution in [3.63, 3.8) is 0 Å². The average molecular weight is 432 g/mol. The number of hydrogen-bond acceptors (Lipinski definition) is 5. The van der Waals surface area contributed by atoms with Gasteiger partial charge in [0.15, 0.2) is 0 Å². The Morgan fingerprint density at radius 3 is 2.32 bits per heavy atom. The van der Waals surface area contributed by atoms with Gasteiger partial charge in [-0.15, -0.1) is 0 Å². The van der Waals surface area contributed by atoms with Crippen molar-refractivity contribution < 1.29 is 30.4 Å². The van der Waals surface area contributed by atoms with Crippen LogP contribution in [0.3, 0.4) is 0 Å². The Balaban J connectivity index is 1.96. The Morgan fingerprint density at radius 2 is 1.64 bits per heavy atom. The van der Waals surface area contributed by atoms with Crippen LogP contribution in [0, 0.1) is 18.6 Å². The molecule has 2 aromatic carbocycles. The van der Waals surface area contributed by atoms with Crippen LogP contribution in [0.5, 0.6) is 0 Å². The van der Waals surface area contributed by atoms with E-state index in [0.717, 1.165) is 12.1 Å². The Labute approximate surface area is 162 Å². The Morgan fingerprint density at radius 1 is 0.964 bits per heavy atom. The van der Waals surface area contributed by atoms with E-state index in [1.807, 2.05) is 0 Å². The van der Waals surface area contributed by atoms with E-state index in [2.05, 4.69) is 4.72 Å². The molecule has 0 aliphatic carbocycles. The first-order valence-electron chi connectivity index (χ1n) is 8.28. The predicted molar refractivity (Wildman–Crippen MR) is 97.9 cm³/mol. The summed E-state index contributed by atoms with van der Waals surface area (Å²) in [7, 11) is -8.33.